The van der Waals surface area contributed by atoms with Gasteiger partial charge in [-0.2, -0.15) is 0 Å². The van der Waals surface area contributed by atoms with Crippen molar-refractivity contribution in [2.24, 2.45) is 5.73 Å². The number of amides is 1. The summed E-state index contributed by atoms with van der Waals surface area (Å²) >= 11 is 0. The Balaban J connectivity index is 2.43. The maximum atomic E-state index is 13.4. The number of carbonyl (C=O) groups is 1. The van der Waals surface area contributed by atoms with Crippen LogP contribution in [-0.4, -0.2) is 24.6 Å². The molecule has 4 nitrogen and oxygen atoms in total. The Morgan fingerprint density at radius 3 is 2.68 bits per heavy atom. The third-order valence-corrected chi connectivity index (χ3v) is 3.58. The number of halogens is 1. The Kier molecular flexibility index (Phi) is 4.65. The molecule has 0 aliphatic heterocycles. The molecule has 0 saturated carbocycles. The van der Waals surface area contributed by atoms with Crippen LogP contribution in [0.5, 0.6) is 5.75 Å². The summed E-state index contributed by atoms with van der Waals surface area (Å²) in [6, 6.07) is 9.73. The van der Waals surface area contributed by atoms with E-state index in [9.17, 15) is 14.3 Å². The minimum absolute atomic E-state index is 0.0672. The number of phenols is 1. The number of aryl methyl sites for hydroxylation is 1. The van der Waals surface area contributed by atoms with Gasteiger partial charge in [-0.15, -0.1) is 0 Å². The molecule has 2 aromatic carbocycles. The molecule has 116 valence electrons. The number of phenolic OH excluding ortho intramolecular Hbond substituents is 1. The molecule has 2 rings (SSSR count). The largest absolute Gasteiger partial charge is 0.505 e. The van der Waals surface area contributed by atoms with Crippen LogP contribution in [0.4, 0.5) is 10.1 Å². The zero-order chi connectivity index (χ0) is 16.3. The van der Waals surface area contributed by atoms with Crippen LogP contribution in [0.25, 0.3) is 11.1 Å². The molecule has 5 heteroatoms. The molecular formula is C17H19FN2O2. The van der Waals surface area contributed by atoms with Gasteiger partial charge in [0.1, 0.15) is 11.6 Å². The van der Waals surface area contributed by atoms with Crippen molar-refractivity contribution < 1.29 is 14.3 Å². The van der Waals surface area contributed by atoms with Gasteiger partial charge < -0.3 is 15.7 Å². The zero-order valence-electron chi connectivity index (χ0n) is 12.6. The third kappa shape index (κ3) is 3.36. The molecule has 0 aliphatic rings. The summed E-state index contributed by atoms with van der Waals surface area (Å²) in [5.74, 6) is -0.690. The Hall–Kier alpha value is -2.56. The molecule has 0 bridgehead atoms. The van der Waals surface area contributed by atoms with Gasteiger partial charge in [0.15, 0.2) is 0 Å². The quantitative estimate of drug-likeness (QED) is 0.892. The summed E-state index contributed by atoms with van der Waals surface area (Å²) in [6.45, 7) is 2.25. The van der Waals surface area contributed by atoms with Gasteiger partial charge in [0.2, 0.25) is 5.91 Å². The second-order valence-corrected chi connectivity index (χ2v) is 5.27. The average molecular weight is 302 g/mol. The number of benzene rings is 2. The average Bonchev–Trinajstić information content (AvgIpc) is 2.45. The van der Waals surface area contributed by atoms with E-state index >= 15 is 0 Å². The fourth-order valence-corrected chi connectivity index (χ4v) is 2.40. The molecule has 3 N–H and O–H groups in total. The Bertz CT molecular complexity index is 701. The van der Waals surface area contributed by atoms with Crippen LogP contribution in [0, 0.1) is 12.7 Å². The van der Waals surface area contributed by atoms with E-state index in [0.717, 1.165) is 5.56 Å². The predicted octanol–water partition coefficient (Wildman–Crippen LogP) is 2.82. The van der Waals surface area contributed by atoms with Crippen molar-refractivity contribution in [2.45, 2.75) is 13.3 Å². The molecule has 0 saturated heterocycles. The van der Waals surface area contributed by atoms with Crippen LogP contribution in [0.2, 0.25) is 0 Å². The molecule has 0 unspecified atom stereocenters. The van der Waals surface area contributed by atoms with E-state index in [2.05, 4.69) is 0 Å². The van der Waals surface area contributed by atoms with Crippen LogP contribution in [-0.2, 0) is 4.79 Å². The van der Waals surface area contributed by atoms with Gasteiger partial charge in [0.05, 0.1) is 5.69 Å². The maximum Gasteiger partial charge on any atom is 0.219 e. The van der Waals surface area contributed by atoms with Crippen LogP contribution in [0.3, 0.4) is 0 Å². The van der Waals surface area contributed by atoms with Crippen molar-refractivity contribution in [2.75, 3.05) is 18.5 Å². The monoisotopic (exact) mass is 302 g/mol. The molecule has 22 heavy (non-hydrogen) atoms. The Labute approximate surface area is 129 Å². The second kappa shape index (κ2) is 6.47. The highest BCUT2D eigenvalue weighted by molar-refractivity contribution is 5.81. The number of anilines is 1. The van der Waals surface area contributed by atoms with Crippen LogP contribution in [0.15, 0.2) is 36.4 Å². The van der Waals surface area contributed by atoms with Crippen molar-refractivity contribution >= 4 is 11.6 Å². The first-order valence-corrected chi connectivity index (χ1v) is 6.98. The van der Waals surface area contributed by atoms with E-state index in [0.29, 0.717) is 23.4 Å². The summed E-state index contributed by atoms with van der Waals surface area (Å²) in [7, 11) is 1.77. The molecule has 0 atom stereocenters. The highest BCUT2D eigenvalue weighted by Gasteiger charge is 2.15. The first kappa shape index (κ1) is 15.8. The van der Waals surface area contributed by atoms with Gasteiger partial charge in [0.25, 0.3) is 0 Å². The van der Waals surface area contributed by atoms with Crippen molar-refractivity contribution in [3.05, 3.63) is 47.8 Å². The van der Waals surface area contributed by atoms with Gasteiger partial charge in [0, 0.05) is 25.6 Å². The van der Waals surface area contributed by atoms with Crippen molar-refractivity contribution in [1.82, 2.24) is 0 Å². The molecule has 0 aliphatic carbocycles. The van der Waals surface area contributed by atoms with E-state index in [1.807, 2.05) is 13.0 Å². The van der Waals surface area contributed by atoms with Gasteiger partial charge in [-0.25, -0.2) is 4.39 Å². The summed E-state index contributed by atoms with van der Waals surface area (Å²) in [5.41, 5.74) is 7.76. The molecule has 2 aromatic rings. The molecular weight excluding hydrogens is 283 g/mol. The van der Waals surface area contributed by atoms with Gasteiger partial charge in [-0.3, -0.25) is 4.79 Å². The smallest absolute Gasteiger partial charge is 0.219 e. The van der Waals surface area contributed by atoms with Gasteiger partial charge in [-0.1, -0.05) is 18.2 Å². The summed E-state index contributed by atoms with van der Waals surface area (Å²) in [6.07, 6.45) is 0.194. The second-order valence-electron chi connectivity index (χ2n) is 5.27. The van der Waals surface area contributed by atoms with E-state index in [1.165, 1.54) is 12.1 Å². The zero-order valence-corrected chi connectivity index (χ0v) is 12.6. The molecule has 0 spiro atoms. The van der Waals surface area contributed by atoms with E-state index in [-0.39, 0.29) is 18.0 Å². The van der Waals surface area contributed by atoms with E-state index in [4.69, 9.17) is 5.73 Å². The lowest BCUT2D eigenvalue weighted by atomic mass is 9.98. The SMILES string of the molecule is Cc1ccc(N(C)CCC(N)=O)c(O)c1-c1cccc(F)c1. The number of carbonyl (C=O) groups excluding carboxylic acids is 1. The van der Waals surface area contributed by atoms with Crippen LogP contribution in [0.1, 0.15) is 12.0 Å². The molecule has 0 radical (unpaired) electrons. The number of nitrogens with zero attached hydrogens (tertiary/aromatic N) is 1. The lowest BCUT2D eigenvalue weighted by Gasteiger charge is -2.22. The molecule has 0 aromatic heterocycles. The van der Waals surface area contributed by atoms with Gasteiger partial charge in [-0.05, 0) is 36.2 Å². The number of nitrogens with two attached hydrogens (primary N) is 1. The first-order valence-electron chi connectivity index (χ1n) is 6.98. The van der Waals surface area contributed by atoms with Crippen molar-refractivity contribution in [3.8, 4) is 16.9 Å². The maximum absolute atomic E-state index is 13.4. The standard InChI is InChI=1S/C17H19FN2O2/c1-11-6-7-14(20(2)9-8-15(19)21)17(22)16(11)12-4-3-5-13(18)10-12/h3-7,10,22H,8-9H2,1-2H3,(H2,19,21). The third-order valence-electron chi connectivity index (χ3n) is 3.58. The van der Waals surface area contributed by atoms with Crippen LogP contribution >= 0.6 is 0 Å². The Morgan fingerprint density at radius 1 is 1.32 bits per heavy atom. The van der Waals surface area contributed by atoms with E-state index < -0.39 is 5.91 Å². The molecule has 0 fully saturated rings. The predicted molar refractivity (Wildman–Crippen MR) is 85.3 cm³/mol. The van der Waals surface area contributed by atoms with Crippen LogP contribution < -0.4 is 10.6 Å². The summed E-state index contributed by atoms with van der Waals surface area (Å²) in [5, 5.41) is 10.6. The lowest BCUT2D eigenvalue weighted by molar-refractivity contribution is -0.117. The summed E-state index contributed by atoms with van der Waals surface area (Å²) < 4.78 is 13.4. The minimum atomic E-state index is -0.399. The molecule has 0 heterocycles. The number of hydrogen-bond donors (Lipinski definition) is 2. The first-order chi connectivity index (χ1) is 10.4. The van der Waals surface area contributed by atoms with E-state index in [1.54, 1.807) is 30.1 Å². The number of rotatable bonds is 5. The normalized spacial score (nSPS) is 10.5. The highest BCUT2D eigenvalue weighted by atomic mass is 19.1. The number of primary amides is 1. The van der Waals surface area contributed by atoms with Crippen molar-refractivity contribution in [1.29, 1.82) is 0 Å². The number of hydrogen-bond acceptors (Lipinski definition) is 3. The highest BCUT2D eigenvalue weighted by Crippen LogP contribution is 2.39. The lowest BCUT2D eigenvalue weighted by Crippen LogP contribution is -2.24. The fourth-order valence-electron chi connectivity index (χ4n) is 2.40. The Morgan fingerprint density at radius 2 is 2.05 bits per heavy atom. The number of aromatic hydroxyl groups is 1. The fraction of sp³-hybridized carbons (Fsp3) is 0.235. The topological polar surface area (TPSA) is 66.6 Å². The molecule has 1 amide bonds. The van der Waals surface area contributed by atoms with Crippen molar-refractivity contribution in [3.63, 3.8) is 0 Å². The summed E-state index contributed by atoms with van der Waals surface area (Å²) in [4.78, 5) is 12.6. The van der Waals surface area contributed by atoms with Gasteiger partial charge >= 0.3 is 0 Å². The minimum Gasteiger partial charge on any atom is -0.505 e.